The Morgan fingerprint density at radius 1 is 1.35 bits per heavy atom. The molecule has 1 aromatic rings. The van der Waals surface area contributed by atoms with E-state index in [0.29, 0.717) is 28.1 Å². The number of rotatable bonds is 6. The zero-order chi connectivity index (χ0) is 15.5. The van der Waals surface area contributed by atoms with Crippen molar-refractivity contribution in [2.75, 3.05) is 13.6 Å². The smallest absolute Gasteiger partial charge is 0.243 e. The summed E-state index contributed by atoms with van der Waals surface area (Å²) in [6.45, 7) is 6.19. The van der Waals surface area contributed by atoms with Gasteiger partial charge in [0.2, 0.25) is 10.0 Å². The van der Waals surface area contributed by atoms with Crippen molar-refractivity contribution in [2.24, 2.45) is 5.92 Å². The van der Waals surface area contributed by atoms with E-state index >= 15 is 0 Å². The zero-order valence-corrected chi connectivity index (χ0v) is 14.8. The Labute approximate surface area is 130 Å². The van der Waals surface area contributed by atoms with E-state index in [4.69, 9.17) is 0 Å². The van der Waals surface area contributed by atoms with Crippen LogP contribution in [0.2, 0.25) is 0 Å². The lowest BCUT2D eigenvalue weighted by molar-refractivity contribution is 0.281. The number of nitrogens with zero attached hydrogens (tertiary/aromatic N) is 1. The number of benzene rings is 1. The molecule has 0 fully saturated rings. The summed E-state index contributed by atoms with van der Waals surface area (Å²) in [4.78, 5) is 0.252. The van der Waals surface area contributed by atoms with Gasteiger partial charge in [-0.1, -0.05) is 29.8 Å². The van der Waals surface area contributed by atoms with Gasteiger partial charge >= 0.3 is 0 Å². The van der Waals surface area contributed by atoms with Crippen LogP contribution in [0.1, 0.15) is 31.4 Å². The Kier molecular flexibility index (Phi) is 6.19. The summed E-state index contributed by atoms with van der Waals surface area (Å²) in [5, 5.41) is 9.23. The van der Waals surface area contributed by atoms with Gasteiger partial charge in [-0.05, 0) is 42.5 Å². The fourth-order valence-electron chi connectivity index (χ4n) is 1.79. The second-order valence-electron chi connectivity index (χ2n) is 5.37. The first-order valence-electron chi connectivity index (χ1n) is 6.56. The molecule has 114 valence electrons. The molecule has 0 radical (unpaired) electrons. The number of hydrogen-bond donors (Lipinski definition) is 1. The van der Waals surface area contributed by atoms with Crippen molar-refractivity contribution in [1.82, 2.24) is 4.31 Å². The van der Waals surface area contributed by atoms with Crippen LogP contribution in [0.4, 0.5) is 0 Å². The predicted octanol–water partition coefficient (Wildman–Crippen LogP) is 2.92. The number of aliphatic hydroxyl groups is 1. The minimum Gasteiger partial charge on any atom is -0.392 e. The molecule has 1 N–H and O–H groups in total. The molecule has 4 nitrogen and oxygen atoms in total. The first-order valence-corrected chi connectivity index (χ1v) is 8.79. The summed E-state index contributed by atoms with van der Waals surface area (Å²) in [5.74, 6) is 0.448. The predicted molar refractivity (Wildman–Crippen MR) is 84.1 cm³/mol. The molecule has 0 spiro atoms. The summed E-state index contributed by atoms with van der Waals surface area (Å²) >= 11 is 3.35. The molecule has 0 aliphatic heterocycles. The minimum atomic E-state index is -3.53. The van der Waals surface area contributed by atoms with Gasteiger partial charge in [0.15, 0.2) is 0 Å². The summed E-state index contributed by atoms with van der Waals surface area (Å²) in [5.41, 5.74) is 1.25. The van der Waals surface area contributed by atoms with Crippen LogP contribution in [-0.4, -0.2) is 31.4 Å². The third-order valence-corrected chi connectivity index (χ3v) is 6.06. The van der Waals surface area contributed by atoms with Crippen LogP contribution in [0.25, 0.3) is 0 Å². The molecule has 0 unspecified atom stereocenters. The highest BCUT2D eigenvalue weighted by molar-refractivity contribution is 9.10. The van der Waals surface area contributed by atoms with Gasteiger partial charge in [0.25, 0.3) is 0 Å². The number of aliphatic hydroxyl groups excluding tert-OH is 1. The quantitative estimate of drug-likeness (QED) is 0.845. The summed E-state index contributed by atoms with van der Waals surface area (Å²) in [6.07, 6.45) is 0.815. The topological polar surface area (TPSA) is 57.6 Å². The van der Waals surface area contributed by atoms with Gasteiger partial charge in [-0.15, -0.1) is 0 Å². The summed E-state index contributed by atoms with van der Waals surface area (Å²) in [6, 6.07) is 3.28. The molecule has 0 bridgehead atoms. The molecule has 0 saturated carbocycles. The van der Waals surface area contributed by atoms with Crippen LogP contribution in [0.5, 0.6) is 0 Å². The lowest BCUT2D eigenvalue weighted by Crippen LogP contribution is -2.29. The van der Waals surface area contributed by atoms with Gasteiger partial charge in [0, 0.05) is 18.1 Å². The Hall–Kier alpha value is -0.430. The summed E-state index contributed by atoms with van der Waals surface area (Å²) < 4.78 is 27.3. The van der Waals surface area contributed by atoms with Crippen LogP contribution in [0.15, 0.2) is 21.5 Å². The van der Waals surface area contributed by atoms with Gasteiger partial charge in [-0.2, -0.15) is 0 Å². The highest BCUT2D eigenvalue weighted by Gasteiger charge is 2.24. The Bertz CT molecular complexity index is 570. The highest BCUT2D eigenvalue weighted by atomic mass is 79.9. The van der Waals surface area contributed by atoms with Crippen molar-refractivity contribution in [1.29, 1.82) is 0 Å². The van der Waals surface area contributed by atoms with E-state index in [-0.39, 0.29) is 11.5 Å². The Morgan fingerprint density at radius 3 is 2.45 bits per heavy atom. The maximum absolute atomic E-state index is 12.6. The normalized spacial score (nSPS) is 12.4. The fraction of sp³-hybridized carbons (Fsp3) is 0.571. The number of sulfonamides is 1. The zero-order valence-electron chi connectivity index (χ0n) is 12.4. The molecule has 0 heterocycles. The molecular formula is C14H22BrNO3S. The van der Waals surface area contributed by atoms with E-state index in [0.717, 1.165) is 6.42 Å². The van der Waals surface area contributed by atoms with Crippen LogP contribution in [0.3, 0.4) is 0 Å². The standard InChI is InChI=1S/C14H22BrNO3S/c1-10(2)5-6-16(4)20(18,19)14-8-12(9-17)7-13(15)11(14)3/h7-8,10,17H,5-6,9H2,1-4H3. The fourth-order valence-corrected chi connectivity index (χ4v) is 3.91. The molecule has 0 aliphatic carbocycles. The van der Waals surface area contributed by atoms with E-state index in [1.807, 2.05) is 0 Å². The van der Waals surface area contributed by atoms with Gasteiger partial charge in [0.1, 0.15) is 0 Å². The molecule has 0 amide bonds. The molecule has 1 aromatic carbocycles. The molecule has 1 rings (SSSR count). The van der Waals surface area contributed by atoms with E-state index < -0.39 is 10.0 Å². The van der Waals surface area contributed by atoms with E-state index in [1.54, 1.807) is 26.1 Å². The van der Waals surface area contributed by atoms with Crippen molar-refractivity contribution in [2.45, 2.75) is 38.7 Å². The average Bonchev–Trinajstić information content (AvgIpc) is 2.38. The first-order chi connectivity index (χ1) is 9.20. The molecule has 20 heavy (non-hydrogen) atoms. The van der Waals surface area contributed by atoms with Crippen molar-refractivity contribution in [3.05, 3.63) is 27.7 Å². The third kappa shape index (κ3) is 4.04. The maximum atomic E-state index is 12.6. The largest absolute Gasteiger partial charge is 0.392 e. The van der Waals surface area contributed by atoms with E-state index in [9.17, 15) is 13.5 Å². The molecule has 6 heteroatoms. The van der Waals surface area contributed by atoms with Crippen LogP contribution < -0.4 is 0 Å². The molecule has 0 aliphatic rings. The van der Waals surface area contributed by atoms with Crippen molar-refractivity contribution >= 4 is 26.0 Å². The first kappa shape index (κ1) is 17.6. The third-order valence-electron chi connectivity index (χ3n) is 3.25. The number of halogens is 1. The van der Waals surface area contributed by atoms with Crippen molar-refractivity contribution < 1.29 is 13.5 Å². The lowest BCUT2D eigenvalue weighted by atomic mass is 10.1. The molecule has 0 saturated heterocycles. The van der Waals surface area contributed by atoms with Crippen molar-refractivity contribution in [3.63, 3.8) is 0 Å². The van der Waals surface area contributed by atoms with Crippen LogP contribution in [0, 0.1) is 12.8 Å². The minimum absolute atomic E-state index is 0.183. The second-order valence-corrected chi connectivity index (χ2v) is 8.24. The van der Waals surface area contributed by atoms with Crippen LogP contribution in [-0.2, 0) is 16.6 Å². The van der Waals surface area contributed by atoms with Gasteiger partial charge in [-0.3, -0.25) is 0 Å². The van der Waals surface area contributed by atoms with Gasteiger partial charge in [-0.25, -0.2) is 12.7 Å². The molecule has 0 atom stereocenters. The maximum Gasteiger partial charge on any atom is 0.243 e. The second kappa shape index (κ2) is 7.02. The Balaban J connectivity index is 3.18. The monoisotopic (exact) mass is 363 g/mol. The highest BCUT2D eigenvalue weighted by Crippen LogP contribution is 2.28. The molecular weight excluding hydrogens is 342 g/mol. The van der Waals surface area contributed by atoms with E-state index in [1.165, 1.54) is 4.31 Å². The lowest BCUT2D eigenvalue weighted by Gasteiger charge is -2.20. The van der Waals surface area contributed by atoms with Gasteiger partial charge < -0.3 is 5.11 Å². The number of hydrogen-bond acceptors (Lipinski definition) is 3. The van der Waals surface area contributed by atoms with Crippen LogP contribution >= 0.6 is 15.9 Å². The SMILES string of the molecule is Cc1c(Br)cc(CO)cc1S(=O)(=O)N(C)CCC(C)C. The molecule has 0 aromatic heterocycles. The average molecular weight is 364 g/mol. The summed E-state index contributed by atoms with van der Waals surface area (Å²) in [7, 11) is -1.93. The Morgan fingerprint density at radius 2 is 1.95 bits per heavy atom. The van der Waals surface area contributed by atoms with Crippen molar-refractivity contribution in [3.8, 4) is 0 Å². The van der Waals surface area contributed by atoms with Gasteiger partial charge in [0.05, 0.1) is 11.5 Å². The van der Waals surface area contributed by atoms with E-state index in [2.05, 4.69) is 29.8 Å².